The lowest BCUT2D eigenvalue weighted by Gasteiger charge is -1.91. The van der Waals surface area contributed by atoms with Gasteiger partial charge >= 0.3 is 0 Å². The molecule has 2 N–H and O–H groups in total. The van der Waals surface area contributed by atoms with E-state index in [1.54, 1.807) is 5.38 Å². The van der Waals surface area contributed by atoms with Crippen molar-refractivity contribution in [3.05, 3.63) is 11.1 Å². The quantitative estimate of drug-likeness (QED) is 0.448. The van der Waals surface area contributed by atoms with Crippen molar-refractivity contribution in [2.24, 2.45) is 5.16 Å². The first kappa shape index (κ1) is 9.08. The van der Waals surface area contributed by atoms with Crippen molar-refractivity contribution >= 4 is 39.8 Å². The Bertz CT molecular complexity index is 307. The monoisotopic (exact) mass is 200 g/mol. The number of nitrogens with zero attached hydrogens (tertiary/aromatic N) is 2. The molecule has 0 unspecified atom stereocenters. The van der Waals surface area contributed by atoms with Crippen LogP contribution in [0.1, 0.15) is 5.69 Å². The van der Waals surface area contributed by atoms with Crippen molar-refractivity contribution in [3.8, 4) is 0 Å². The number of nitrogens with two attached hydrogens (primary N) is 1. The summed E-state index contributed by atoms with van der Waals surface area (Å²) < 4.78 is 0. The number of thiazole rings is 1. The molecule has 1 aromatic heterocycles. The van der Waals surface area contributed by atoms with Crippen LogP contribution in [0, 0.1) is 0 Å². The summed E-state index contributed by atoms with van der Waals surface area (Å²) in [6, 6.07) is 0. The van der Waals surface area contributed by atoms with Gasteiger partial charge in [-0.25, -0.2) is 4.98 Å². The van der Waals surface area contributed by atoms with E-state index in [-0.39, 0.29) is 0 Å². The smallest absolute Gasteiger partial charge is 0.180 e. The average molecular weight is 200 g/mol. The molecule has 0 fully saturated rings. The Kier molecular flexibility index (Phi) is 3.12. The average Bonchev–Trinajstić information content (AvgIpc) is 2.47. The van der Waals surface area contributed by atoms with E-state index >= 15 is 0 Å². The van der Waals surface area contributed by atoms with Gasteiger partial charge in [-0.05, 0) is 0 Å². The van der Waals surface area contributed by atoms with Crippen LogP contribution < -0.4 is 5.73 Å². The molecular weight excluding hydrogens is 194 g/mol. The Balaban J connectivity index is 2.94. The molecule has 0 amide bonds. The topological polar surface area (TPSA) is 60.5 Å². The lowest BCUT2D eigenvalue weighted by Crippen LogP contribution is -2.02. The summed E-state index contributed by atoms with van der Waals surface area (Å²) in [5.74, 6) is 0. The minimum absolute atomic E-state index is 0.389. The van der Waals surface area contributed by atoms with Gasteiger partial charge in [0, 0.05) is 5.38 Å². The predicted molar refractivity (Wildman–Crippen MR) is 52.7 cm³/mol. The maximum atomic E-state index is 5.42. The van der Waals surface area contributed by atoms with Crippen molar-refractivity contribution in [2.75, 3.05) is 12.8 Å². The Morgan fingerprint density at radius 2 is 2.67 bits per heavy atom. The number of rotatable bonds is 3. The van der Waals surface area contributed by atoms with Crippen LogP contribution in [0.25, 0.3) is 0 Å². The number of oxime groups is 1. The van der Waals surface area contributed by atoms with Crippen molar-refractivity contribution in [1.82, 2.24) is 4.98 Å². The molecule has 63 valence electrons. The summed E-state index contributed by atoms with van der Waals surface area (Å²) in [6.45, 7) is 0. The Labute approximate surface area is 79.0 Å². The first-order chi connectivity index (χ1) is 5.77. The van der Waals surface area contributed by atoms with Crippen LogP contribution in [0.5, 0.6) is 0 Å². The number of nitrogen functional groups attached to an aromatic ring is 1. The third-order valence-electron chi connectivity index (χ3n) is 1.04. The standard InChI is InChI=1S/C6H6N3OS2/c1-10-9-4(2-11)5-3-12-6(7)8-5/h3H,1H3,(H2,7,8). The zero-order valence-corrected chi connectivity index (χ0v) is 7.91. The van der Waals surface area contributed by atoms with Crippen LogP contribution in [-0.2, 0) is 4.84 Å². The number of anilines is 1. The Morgan fingerprint density at radius 1 is 1.92 bits per heavy atom. The first-order valence-electron chi connectivity index (χ1n) is 2.98. The highest BCUT2D eigenvalue weighted by molar-refractivity contribution is 7.80. The minimum atomic E-state index is 0.389. The van der Waals surface area contributed by atoms with E-state index < -0.39 is 0 Å². The molecule has 0 spiro atoms. The molecule has 0 aliphatic carbocycles. The summed E-state index contributed by atoms with van der Waals surface area (Å²) in [6.07, 6.45) is 0. The summed E-state index contributed by atoms with van der Waals surface area (Å²) in [4.78, 5) is 8.50. The van der Waals surface area contributed by atoms with Gasteiger partial charge in [-0.3, -0.25) is 0 Å². The van der Waals surface area contributed by atoms with Gasteiger partial charge in [0.25, 0.3) is 0 Å². The van der Waals surface area contributed by atoms with Crippen LogP contribution in [0.3, 0.4) is 0 Å². The molecule has 1 rings (SSSR count). The van der Waals surface area contributed by atoms with Gasteiger partial charge in [0.1, 0.15) is 18.5 Å². The zero-order chi connectivity index (χ0) is 8.97. The summed E-state index contributed by atoms with van der Waals surface area (Å²) in [7, 11) is 1.43. The molecule has 0 bridgehead atoms. The number of hydrogen-bond donors (Lipinski definition) is 1. The molecule has 1 radical (unpaired) electrons. The second kappa shape index (κ2) is 4.13. The van der Waals surface area contributed by atoms with Crippen LogP contribution in [0.4, 0.5) is 5.13 Å². The van der Waals surface area contributed by atoms with Gasteiger partial charge < -0.3 is 10.6 Å². The maximum Gasteiger partial charge on any atom is 0.180 e. The number of aromatic nitrogens is 1. The van der Waals surface area contributed by atoms with E-state index in [1.165, 1.54) is 18.4 Å². The van der Waals surface area contributed by atoms with Crippen molar-refractivity contribution in [2.45, 2.75) is 0 Å². The molecule has 0 atom stereocenters. The van der Waals surface area contributed by atoms with E-state index in [9.17, 15) is 0 Å². The molecule has 0 saturated carbocycles. The fraction of sp³-hybridized carbons (Fsp3) is 0.167. The van der Waals surface area contributed by atoms with E-state index in [2.05, 4.69) is 32.6 Å². The largest absolute Gasteiger partial charge is 0.399 e. The van der Waals surface area contributed by atoms with Gasteiger partial charge in [0.05, 0.1) is 5.37 Å². The van der Waals surface area contributed by atoms with Crippen molar-refractivity contribution in [1.29, 1.82) is 0 Å². The molecule has 0 saturated heterocycles. The highest BCUT2D eigenvalue weighted by Crippen LogP contribution is 2.11. The molecule has 0 aromatic carbocycles. The fourth-order valence-corrected chi connectivity index (χ4v) is 1.29. The first-order valence-corrected chi connectivity index (χ1v) is 4.27. The molecule has 12 heavy (non-hydrogen) atoms. The molecule has 0 aliphatic rings. The van der Waals surface area contributed by atoms with Crippen molar-refractivity contribution in [3.63, 3.8) is 0 Å². The molecule has 1 heterocycles. The lowest BCUT2D eigenvalue weighted by molar-refractivity contribution is 0.214. The third kappa shape index (κ3) is 1.99. The lowest BCUT2D eigenvalue weighted by atomic mass is 10.3. The van der Waals surface area contributed by atoms with Gasteiger partial charge in [0.2, 0.25) is 0 Å². The second-order valence-electron chi connectivity index (χ2n) is 1.80. The SMILES string of the molecule is CON=C([C]=S)c1csc(N)n1. The molecular formula is C6H6N3OS2. The van der Waals surface area contributed by atoms with E-state index in [4.69, 9.17) is 5.73 Å². The van der Waals surface area contributed by atoms with E-state index in [0.29, 0.717) is 16.5 Å². The zero-order valence-electron chi connectivity index (χ0n) is 6.27. The summed E-state index contributed by atoms with van der Waals surface area (Å²) in [5.41, 5.74) is 6.40. The molecule has 6 heteroatoms. The van der Waals surface area contributed by atoms with Crippen LogP contribution in [0.2, 0.25) is 0 Å². The second-order valence-corrected chi connectivity index (χ2v) is 2.89. The number of hydrogen-bond acceptors (Lipinski definition) is 6. The molecule has 0 aliphatic heterocycles. The van der Waals surface area contributed by atoms with Crippen molar-refractivity contribution < 1.29 is 4.84 Å². The van der Waals surface area contributed by atoms with Crippen LogP contribution in [0.15, 0.2) is 10.5 Å². The minimum Gasteiger partial charge on any atom is -0.399 e. The summed E-state index contributed by atoms with van der Waals surface area (Å²) in [5, 5.41) is 8.26. The predicted octanol–water partition coefficient (Wildman–Crippen LogP) is 0.952. The third-order valence-corrected chi connectivity index (χ3v) is 1.91. The fourth-order valence-electron chi connectivity index (χ4n) is 0.605. The number of thiocarbonyl (C=S) groups is 1. The highest BCUT2D eigenvalue weighted by atomic mass is 32.1. The van der Waals surface area contributed by atoms with E-state index in [1.807, 2.05) is 0 Å². The normalized spacial score (nSPS) is 11.2. The molecule has 4 nitrogen and oxygen atoms in total. The van der Waals surface area contributed by atoms with Gasteiger partial charge in [0.15, 0.2) is 5.13 Å². The van der Waals surface area contributed by atoms with Gasteiger partial charge in [-0.1, -0.05) is 17.4 Å². The van der Waals surface area contributed by atoms with Crippen LogP contribution >= 0.6 is 23.6 Å². The van der Waals surface area contributed by atoms with E-state index in [0.717, 1.165) is 0 Å². The summed E-state index contributed by atoms with van der Waals surface area (Å²) >= 11 is 5.91. The maximum absolute atomic E-state index is 5.42. The van der Waals surface area contributed by atoms with Crippen LogP contribution in [-0.4, -0.2) is 23.2 Å². The highest BCUT2D eigenvalue weighted by Gasteiger charge is 2.05. The van der Waals surface area contributed by atoms with Gasteiger partial charge in [-0.2, -0.15) is 0 Å². The Morgan fingerprint density at radius 3 is 3.08 bits per heavy atom. The Hall–Kier alpha value is -1.01. The molecule has 1 aromatic rings. The van der Waals surface area contributed by atoms with Gasteiger partial charge in [-0.15, -0.1) is 11.3 Å².